The van der Waals surface area contributed by atoms with E-state index in [2.05, 4.69) is 135 Å². The summed E-state index contributed by atoms with van der Waals surface area (Å²) in [4.78, 5) is 0. The van der Waals surface area contributed by atoms with Gasteiger partial charge in [-0.2, -0.15) is 0 Å². The SMILES string of the molecule is CCCCC(c1ccccc1)C(c1ccccc1)C(c1ccccc1)C(C)c1ccccc1. The molecule has 4 aromatic rings. The molecule has 0 aromatic heterocycles. The third-order valence-corrected chi connectivity index (χ3v) is 7.15. The van der Waals surface area contributed by atoms with Gasteiger partial charge in [0, 0.05) is 0 Å². The predicted molar refractivity (Wildman–Crippen MR) is 142 cm³/mol. The van der Waals surface area contributed by atoms with Crippen LogP contribution in [0.3, 0.4) is 0 Å². The zero-order valence-electron chi connectivity index (χ0n) is 20.0. The summed E-state index contributed by atoms with van der Waals surface area (Å²) in [5, 5.41) is 0. The highest BCUT2D eigenvalue weighted by atomic mass is 14.4. The molecule has 0 aliphatic heterocycles. The van der Waals surface area contributed by atoms with Crippen molar-refractivity contribution in [3.8, 4) is 0 Å². The van der Waals surface area contributed by atoms with Crippen molar-refractivity contribution in [3.05, 3.63) is 144 Å². The topological polar surface area (TPSA) is 0 Å². The standard InChI is InChI=1S/C33H36/c1-3-4-25-31(28-19-11-6-12-20-28)33(30-23-15-8-16-24-30)32(29-21-13-7-14-22-29)26(2)27-17-9-5-10-18-27/h5-24,26,31-33H,3-4,25H2,1-2H3. The first-order chi connectivity index (χ1) is 16.3. The molecule has 0 radical (unpaired) electrons. The predicted octanol–water partition coefficient (Wildman–Crippen LogP) is 9.33. The molecule has 0 N–H and O–H groups in total. The number of unbranched alkanes of at least 4 members (excludes halogenated alkanes) is 1. The monoisotopic (exact) mass is 432 g/mol. The van der Waals surface area contributed by atoms with Crippen LogP contribution in [0.15, 0.2) is 121 Å². The lowest BCUT2D eigenvalue weighted by Gasteiger charge is -2.39. The Hall–Kier alpha value is -3.12. The molecule has 0 amide bonds. The van der Waals surface area contributed by atoms with Crippen LogP contribution in [0, 0.1) is 0 Å². The quantitative estimate of drug-likeness (QED) is 0.234. The minimum Gasteiger partial charge on any atom is -0.0654 e. The van der Waals surface area contributed by atoms with Crippen LogP contribution in [0.5, 0.6) is 0 Å². The van der Waals surface area contributed by atoms with Crippen molar-refractivity contribution in [2.45, 2.75) is 56.8 Å². The highest BCUT2D eigenvalue weighted by Crippen LogP contribution is 2.51. The molecule has 0 heteroatoms. The molecule has 0 spiro atoms. The van der Waals surface area contributed by atoms with Gasteiger partial charge in [0.15, 0.2) is 0 Å². The number of hydrogen-bond donors (Lipinski definition) is 0. The van der Waals surface area contributed by atoms with Crippen LogP contribution in [-0.4, -0.2) is 0 Å². The molecule has 4 atom stereocenters. The molecule has 0 saturated heterocycles. The summed E-state index contributed by atoms with van der Waals surface area (Å²) in [6.07, 6.45) is 3.66. The Morgan fingerprint density at radius 1 is 0.485 bits per heavy atom. The fourth-order valence-electron chi connectivity index (χ4n) is 5.49. The Kier molecular flexibility index (Phi) is 8.14. The van der Waals surface area contributed by atoms with Gasteiger partial charge in [-0.15, -0.1) is 0 Å². The molecule has 4 aromatic carbocycles. The van der Waals surface area contributed by atoms with Crippen LogP contribution in [0.4, 0.5) is 0 Å². The lowest BCUT2D eigenvalue weighted by Crippen LogP contribution is -2.24. The van der Waals surface area contributed by atoms with E-state index in [0.717, 1.165) is 0 Å². The van der Waals surface area contributed by atoms with Gasteiger partial charge in [-0.05, 0) is 52.3 Å². The second-order valence-electron chi connectivity index (χ2n) is 9.23. The van der Waals surface area contributed by atoms with Gasteiger partial charge in [0.25, 0.3) is 0 Å². The number of rotatable bonds is 10. The van der Waals surface area contributed by atoms with E-state index < -0.39 is 0 Å². The van der Waals surface area contributed by atoms with Crippen LogP contribution in [0.1, 0.15) is 79.0 Å². The van der Waals surface area contributed by atoms with Crippen molar-refractivity contribution in [3.63, 3.8) is 0 Å². The van der Waals surface area contributed by atoms with Crippen LogP contribution >= 0.6 is 0 Å². The molecule has 4 unspecified atom stereocenters. The third kappa shape index (κ3) is 5.63. The van der Waals surface area contributed by atoms with E-state index in [9.17, 15) is 0 Å². The molecule has 0 aliphatic rings. The van der Waals surface area contributed by atoms with E-state index in [1.165, 1.54) is 41.5 Å². The first-order valence-electron chi connectivity index (χ1n) is 12.5. The maximum Gasteiger partial charge on any atom is -0.00185 e. The minimum absolute atomic E-state index is 0.373. The lowest BCUT2D eigenvalue weighted by molar-refractivity contribution is 0.386. The summed E-state index contributed by atoms with van der Waals surface area (Å²) in [7, 11) is 0. The highest BCUT2D eigenvalue weighted by molar-refractivity contribution is 5.38. The van der Waals surface area contributed by atoms with Gasteiger partial charge in [0.2, 0.25) is 0 Å². The maximum absolute atomic E-state index is 2.42. The van der Waals surface area contributed by atoms with Gasteiger partial charge >= 0.3 is 0 Å². The molecular weight excluding hydrogens is 396 g/mol. The van der Waals surface area contributed by atoms with Crippen LogP contribution < -0.4 is 0 Å². The van der Waals surface area contributed by atoms with Crippen molar-refractivity contribution < 1.29 is 0 Å². The Bertz CT molecular complexity index is 1050. The maximum atomic E-state index is 2.42. The second kappa shape index (κ2) is 11.7. The summed E-state index contributed by atoms with van der Waals surface area (Å²) in [5.74, 6) is 1.62. The lowest BCUT2D eigenvalue weighted by atomic mass is 9.65. The smallest absolute Gasteiger partial charge is 0.00185 e. The van der Waals surface area contributed by atoms with Crippen molar-refractivity contribution in [1.82, 2.24) is 0 Å². The summed E-state index contributed by atoms with van der Waals surface area (Å²) < 4.78 is 0. The Morgan fingerprint density at radius 3 is 1.33 bits per heavy atom. The second-order valence-corrected chi connectivity index (χ2v) is 9.23. The molecular formula is C33H36. The zero-order chi connectivity index (χ0) is 22.9. The molecule has 4 rings (SSSR count). The minimum atomic E-state index is 0.373. The van der Waals surface area contributed by atoms with Crippen LogP contribution in [0.25, 0.3) is 0 Å². The van der Waals surface area contributed by atoms with E-state index in [-0.39, 0.29) is 0 Å². The van der Waals surface area contributed by atoms with Gasteiger partial charge in [-0.1, -0.05) is 148 Å². The van der Waals surface area contributed by atoms with E-state index in [0.29, 0.717) is 23.7 Å². The van der Waals surface area contributed by atoms with E-state index in [4.69, 9.17) is 0 Å². The molecule has 0 aliphatic carbocycles. The molecule has 0 nitrogen and oxygen atoms in total. The molecule has 168 valence electrons. The highest BCUT2D eigenvalue weighted by Gasteiger charge is 2.36. The van der Waals surface area contributed by atoms with Crippen molar-refractivity contribution >= 4 is 0 Å². The zero-order valence-corrected chi connectivity index (χ0v) is 20.0. The average Bonchev–Trinajstić information content (AvgIpc) is 2.90. The molecule has 0 heterocycles. The largest absolute Gasteiger partial charge is 0.0654 e. The van der Waals surface area contributed by atoms with Gasteiger partial charge in [-0.3, -0.25) is 0 Å². The average molecular weight is 433 g/mol. The summed E-state index contributed by atoms with van der Waals surface area (Å²) >= 11 is 0. The first-order valence-corrected chi connectivity index (χ1v) is 12.5. The van der Waals surface area contributed by atoms with Crippen molar-refractivity contribution in [1.29, 1.82) is 0 Å². The first kappa shape index (κ1) is 23.1. The summed E-state index contributed by atoms with van der Waals surface area (Å²) in [6.45, 7) is 4.73. The summed E-state index contributed by atoms with van der Waals surface area (Å²) in [6, 6.07) is 44.8. The Labute approximate surface area is 200 Å². The van der Waals surface area contributed by atoms with Gasteiger partial charge in [0.1, 0.15) is 0 Å². The van der Waals surface area contributed by atoms with E-state index >= 15 is 0 Å². The Morgan fingerprint density at radius 2 is 0.879 bits per heavy atom. The van der Waals surface area contributed by atoms with Gasteiger partial charge in [0.05, 0.1) is 0 Å². The van der Waals surface area contributed by atoms with Gasteiger partial charge < -0.3 is 0 Å². The number of benzene rings is 4. The molecule has 0 bridgehead atoms. The third-order valence-electron chi connectivity index (χ3n) is 7.15. The normalized spacial score (nSPS) is 14.8. The fraction of sp³-hybridized carbons (Fsp3) is 0.273. The van der Waals surface area contributed by atoms with Crippen molar-refractivity contribution in [2.24, 2.45) is 0 Å². The van der Waals surface area contributed by atoms with E-state index in [1.807, 2.05) is 0 Å². The fourth-order valence-corrected chi connectivity index (χ4v) is 5.49. The Balaban J connectivity index is 1.90. The van der Waals surface area contributed by atoms with E-state index in [1.54, 1.807) is 0 Å². The molecule has 0 fully saturated rings. The molecule has 0 saturated carbocycles. The molecule has 33 heavy (non-hydrogen) atoms. The summed E-state index contributed by atoms with van der Waals surface area (Å²) in [5.41, 5.74) is 5.75. The van der Waals surface area contributed by atoms with Crippen LogP contribution in [0.2, 0.25) is 0 Å². The van der Waals surface area contributed by atoms with Crippen LogP contribution in [-0.2, 0) is 0 Å². The van der Waals surface area contributed by atoms with Gasteiger partial charge in [-0.25, -0.2) is 0 Å². The number of hydrogen-bond acceptors (Lipinski definition) is 0. The van der Waals surface area contributed by atoms with Crippen molar-refractivity contribution in [2.75, 3.05) is 0 Å².